The van der Waals surface area contributed by atoms with E-state index in [1.54, 1.807) is 0 Å². The number of carbonyl (C=O) groups is 1. The Hall–Kier alpha value is -0.650. The lowest BCUT2D eigenvalue weighted by Crippen LogP contribution is -2.43. The van der Waals surface area contributed by atoms with E-state index in [-0.39, 0.29) is 12.6 Å². The van der Waals surface area contributed by atoms with E-state index in [2.05, 4.69) is 5.32 Å². The Labute approximate surface area is 71.3 Å². The lowest BCUT2D eigenvalue weighted by molar-refractivity contribution is -0.124. The molecule has 0 aromatic rings. The Morgan fingerprint density at radius 2 is 2.17 bits per heavy atom. The minimum Gasteiger partial charge on any atom is -0.379 e. The van der Waals surface area contributed by atoms with Crippen molar-refractivity contribution >= 4 is 5.91 Å². The summed E-state index contributed by atoms with van der Waals surface area (Å²) in [4.78, 5) is 13.0. The van der Waals surface area contributed by atoms with Crippen molar-refractivity contribution in [1.82, 2.24) is 10.2 Å². The van der Waals surface area contributed by atoms with E-state index in [9.17, 15) is 4.79 Å². The molecule has 70 valence electrons. The molecule has 1 saturated heterocycles. The quantitative estimate of drug-likeness (QED) is 0.505. The molecule has 1 heterocycles. The molecule has 1 fully saturated rings. The highest BCUT2D eigenvalue weighted by Crippen LogP contribution is 1.94. The van der Waals surface area contributed by atoms with E-state index in [1.165, 1.54) is 0 Å². The second-order valence-corrected chi connectivity index (χ2v) is 2.65. The van der Waals surface area contributed by atoms with Crippen LogP contribution in [0.25, 0.3) is 0 Å². The molecular weight excluding hydrogens is 160 g/mol. The molecule has 0 spiro atoms. The highest BCUT2D eigenvalue weighted by molar-refractivity contribution is 5.77. The van der Waals surface area contributed by atoms with E-state index in [4.69, 9.17) is 9.84 Å². The fourth-order valence-corrected chi connectivity index (χ4v) is 1.11. The standard InChI is InChI=1S/C7H14N2O3/c10-6-8-7(11)5-9-1-3-12-4-2-9/h10H,1-6H2,(H,8,11). The van der Waals surface area contributed by atoms with E-state index < -0.39 is 0 Å². The molecule has 0 saturated carbocycles. The topological polar surface area (TPSA) is 61.8 Å². The number of ether oxygens (including phenoxy) is 1. The van der Waals surface area contributed by atoms with Crippen molar-refractivity contribution in [2.24, 2.45) is 0 Å². The van der Waals surface area contributed by atoms with Crippen LogP contribution in [-0.4, -0.2) is 55.5 Å². The minimum atomic E-state index is -0.289. The predicted octanol–water partition coefficient (Wildman–Crippen LogP) is -1.62. The maximum atomic E-state index is 11.0. The third-order valence-corrected chi connectivity index (χ3v) is 1.75. The van der Waals surface area contributed by atoms with E-state index >= 15 is 0 Å². The highest BCUT2D eigenvalue weighted by Gasteiger charge is 2.12. The molecule has 1 aliphatic heterocycles. The van der Waals surface area contributed by atoms with Gasteiger partial charge in [-0.2, -0.15) is 0 Å². The van der Waals surface area contributed by atoms with Crippen LogP contribution in [0.5, 0.6) is 0 Å². The van der Waals surface area contributed by atoms with E-state index in [0.717, 1.165) is 13.1 Å². The number of morpholine rings is 1. The molecule has 0 aliphatic carbocycles. The summed E-state index contributed by atoms with van der Waals surface area (Å²) in [5.41, 5.74) is 0. The molecule has 0 aromatic heterocycles. The molecule has 0 aromatic carbocycles. The average Bonchev–Trinajstić information content (AvgIpc) is 2.06. The SMILES string of the molecule is O=C(CN1CCOCC1)NCO. The highest BCUT2D eigenvalue weighted by atomic mass is 16.5. The number of carbonyl (C=O) groups excluding carboxylic acids is 1. The van der Waals surface area contributed by atoms with Gasteiger partial charge >= 0.3 is 0 Å². The van der Waals surface area contributed by atoms with Gasteiger partial charge in [0.05, 0.1) is 19.8 Å². The van der Waals surface area contributed by atoms with Crippen LogP contribution < -0.4 is 5.32 Å². The zero-order chi connectivity index (χ0) is 8.81. The molecule has 0 radical (unpaired) electrons. The zero-order valence-corrected chi connectivity index (χ0v) is 6.95. The minimum absolute atomic E-state index is 0.139. The largest absolute Gasteiger partial charge is 0.379 e. The van der Waals surface area contributed by atoms with Crippen molar-refractivity contribution in [2.75, 3.05) is 39.6 Å². The lowest BCUT2D eigenvalue weighted by atomic mass is 10.4. The number of aliphatic hydroxyl groups excluding tert-OH is 1. The second kappa shape index (κ2) is 5.08. The van der Waals surface area contributed by atoms with E-state index in [1.807, 2.05) is 4.90 Å². The summed E-state index contributed by atoms with van der Waals surface area (Å²) in [6.45, 7) is 3.02. The lowest BCUT2D eigenvalue weighted by Gasteiger charge is -2.25. The molecule has 5 nitrogen and oxygen atoms in total. The maximum Gasteiger partial charge on any atom is 0.235 e. The van der Waals surface area contributed by atoms with Gasteiger partial charge in [-0.25, -0.2) is 0 Å². The molecule has 2 N–H and O–H groups in total. The average molecular weight is 174 g/mol. The Morgan fingerprint density at radius 1 is 1.50 bits per heavy atom. The first-order valence-electron chi connectivity index (χ1n) is 4.00. The number of amides is 1. The van der Waals surface area contributed by atoms with Crippen molar-refractivity contribution in [3.63, 3.8) is 0 Å². The molecule has 0 bridgehead atoms. The van der Waals surface area contributed by atoms with E-state index in [0.29, 0.717) is 19.8 Å². The number of aliphatic hydroxyl groups is 1. The molecule has 0 unspecified atom stereocenters. The van der Waals surface area contributed by atoms with Gasteiger partial charge in [0.2, 0.25) is 5.91 Å². The third kappa shape index (κ3) is 3.17. The van der Waals surface area contributed by atoms with Gasteiger partial charge in [-0.1, -0.05) is 0 Å². The summed E-state index contributed by atoms with van der Waals surface area (Å²) in [6.07, 6.45) is 0. The summed E-state index contributed by atoms with van der Waals surface area (Å²) in [7, 11) is 0. The summed E-state index contributed by atoms with van der Waals surface area (Å²) in [5, 5.41) is 10.7. The molecule has 12 heavy (non-hydrogen) atoms. The Kier molecular flexibility index (Phi) is 3.99. The van der Waals surface area contributed by atoms with Gasteiger partial charge in [0, 0.05) is 13.1 Å². The molecule has 0 atom stereocenters. The summed E-state index contributed by atoms with van der Waals surface area (Å²) >= 11 is 0. The zero-order valence-electron chi connectivity index (χ0n) is 6.95. The molecule has 1 amide bonds. The van der Waals surface area contributed by atoms with Crippen molar-refractivity contribution in [3.05, 3.63) is 0 Å². The van der Waals surface area contributed by atoms with Crippen LogP contribution >= 0.6 is 0 Å². The molecule has 1 aliphatic rings. The smallest absolute Gasteiger partial charge is 0.235 e. The summed E-state index contributed by atoms with van der Waals surface area (Å²) in [5.74, 6) is -0.139. The normalized spacial score (nSPS) is 19.1. The first kappa shape index (κ1) is 9.44. The first-order valence-corrected chi connectivity index (χ1v) is 4.00. The number of nitrogens with one attached hydrogen (secondary N) is 1. The number of hydrogen-bond donors (Lipinski definition) is 2. The van der Waals surface area contributed by atoms with Gasteiger partial charge in [-0.3, -0.25) is 9.69 Å². The van der Waals surface area contributed by atoms with Crippen molar-refractivity contribution in [3.8, 4) is 0 Å². The van der Waals surface area contributed by atoms with Crippen LogP contribution in [-0.2, 0) is 9.53 Å². The van der Waals surface area contributed by atoms with Crippen LogP contribution in [0.1, 0.15) is 0 Å². The predicted molar refractivity (Wildman–Crippen MR) is 42.5 cm³/mol. The van der Waals surface area contributed by atoms with Gasteiger partial charge in [0.25, 0.3) is 0 Å². The fourth-order valence-electron chi connectivity index (χ4n) is 1.11. The Morgan fingerprint density at radius 3 is 2.75 bits per heavy atom. The Balaban J connectivity index is 2.15. The molecule has 5 heteroatoms. The van der Waals surface area contributed by atoms with Crippen molar-refractivity contribution in [2.45, 2.75) is 0 Å². The van der Waals surface area contributed by atoms with Gasteiger partial charge in [-0.05, 0) is 0 Å². The van der Waals surface area contributed by atoms with Crippen LogP contribution in [0.4, 0.5) is 0 Å². The van der Waals surface area contributed by atoms with Crippen LogP contribution in [0.15, 0.2) is 0 Å². The van der Waals surface area contributed by atoms with Gasteiger partial charge in [-0.15, -0.1) is 0 Å². The van der Waals surface area contributed by atoms with Crippen LogP contribution in [0, 0.1) is 0 Å². The van der Waals surface area contributed by atoms with Crippen molar-refractivity contribution in [1.29, 1.82) is 0 Å². The van der Waals surface area contributed by atoms with Crippen LogP contribution in [0.2, 0.25) is 0 Å². The fraction of sp³-hybridized carbons (Fsp3) is 0.857. The maximum absolute atomic E-state index is 11.0. The van der Waals surface area contributed by atoms with Crippen LogP contribution in [0.3, 0.4) is 0 Å². The van der Waals surface area contributed by atoms with Gasteiger partial charge in [0.15, 0.2) is 0 Å². The first-order chi connectivity index (χ1) is 5.83. The number of nitrogens with zero attached hydrogens (tertiary/aromatic N) is 1. The summed E-state index contributed by atoms with van der Waals surface area (Å²) in [6, 6.07) is 0. The molecular formula is C7H14N2O3. The van der Waals surface area contributed by atoms with Crippen molar-refractivity contribution < 1.29 is 14.6 Å². The number of hydrogen-bond acceptors (Lipinski definition) is 4. The second-order valence-electron chi connectivity index (χ2n) is 2.65. The van der Waals surface area contributed by atoms with Gasteiger partial charge in [0.1, 0.15) is 6.73 Å². The third-order valence-electron chi connectivity index (χ3n) is 1.75. The van der Waals surface area contributed by atoms with Gasteiger partial charge < -0.3 is 15.2 Å². The molecule has 1 rings (SSSR count). The monoisotopic (exact) mass is 174 g/mol. The summed E-state index contributed by atoms with van der Waals surface area (Å²) < 4.78 is 5.12. The Bertz CT molecular complexity index is 146. The number of rotatable bonds is 3.